The van der Waals surface area contributed by atoms with E-state index < -0.39 is 15.6 Å². The molecule has 1 aliphatic rings. The summed E-state index contributed by atoms with van der Waals surface area (Å²) in [6.07, 6.45) is 2.89. The molecule has 0 radical (unpaired) electrons. The molecule has 0 bridgehead atoms. The van der Waals surface area contributed by atoms with Gasteiger partial charge in [-0.05, 0) is 26.7 Å². The fourth-order valence-corrected chi connectivity index (χ4v) is 4.21. The second-order valence-corrected chi connectivity index (χ2v) is 6.39. The number of sulfonamides is 1. The number of hydrogen-bond donors (Lipinski definition) is 2. The van der Waals surface area contributed by atoms with Crippen LogP contribution in [0.2, 0.25) is 0 Å². The van der Waals surface area contributed by atoms with Crippen molar-refractivity contribution in [1.29, 1.82) is 5.26 Å². The van der Waals surface area contributed by atoms with E-state index in [0.29, 0.717) is 24.2 Å². The van der Waals surface area contributed by atoms with Crippen LogP contribution in [0, 0.1) is 25.2 Å². The first-order valence-corrected chi connectivity index (χ1v) is 7.35. The molecule has 7 heteroatoms. The third-order valence-corrected chi connectivity index (χ3v) is 5.13. The maximum absolute atomic E-state index is 12.3. The van der Waals surface area contributed by atoms with Crippen molar-refractivity contribution in [1.82, 2.24) is 14.9 Å². The molecule has 1 heterocycles. The smallest absolute Gasteiger partial charge is 0.245 e. The summed E-state index contributed by atoms with van der Waals surface area (Å²) in [7, 11) is -3.70. The van der Waals surface area contributed by atoms with Crippen molar-refractivity contribution in [2.24, 2.45) is 0 Å². The molecular weight excluding hydrogens is 252 g/mol. The highest BCUT2D eigenvalue weighted by Crippen LogP contribution is 2.31. The van der Waals surface area contributed by atoms with Crippen molar-refractivity contribution in [2.45, 2.75) is 50.0 Å². The molecule has 1 aliphatic carbocycles. The molecule has 18 heavy (non-hydrogen) atoms. The monoisotopic (exact) mass is 268 g/mol. The van der Waals surface area contributed by atoms with Crippen LogP contribution in [0.15, 0.2) is 4.90 Å². The lowest BCUT2D eigenvalue weighted by molar-refractivity contribution is 0.485. The van der Waals surface area contributed by atoms with Gasteiger partial charge in [0.25, 0.3) is 0 Å². The molecule has 0 saturated heterocycles. The van der Waals surface area contributed by atoms with Gasteiger partial charge in [0.1, 0.15) is 10.4 Å². The van der Waals surface area contributed by atoms with Crippen molar-refractivity contribution in [2.75, 3.05) is 0 Å². The Morgan fingerprint density at radius 2 is 2.00 bits per heavy atom. The first-order valence-electron chi connectivity index (χ1n) is 5.87. The Kier molecular flexibility index (Phi) is 3.17. The molecule has 6 nitrogen and oxygen atoms in total. The van der Waals surface area contributed by atoms with E-state index in [1.54, 1.807) is 13.8 Å². The van der Waals surface area contributed by atoms with Crippen LogP contribution in [0.3, 0.4) is 0 Å². The molecule has 1 fully saturated rings. The standard InChI is InChI=1S/C11H16N4O2S/c1-8-10(9(2)14-13-8)18(16,17)15-11(7-12)5-3-4-6-11/h15H,3-6H2,1-2H3,(H,13,14). The minimum atomic E-state index is -3.70. The van der Waals surface area contributed by atoms with E-state index in [0.717, 1.165) is 12.8 Å². The lowest BCUT2D eigenvalue weighted by Gasteiger charge is -2.21. The number of rotatable bonds is 3. The average molecular weight is 268 g/mol. The van der Waals surface area contributed by atoms with Crippen LogP contribution in [0.25, 0.3) is 0 Å². The van der Waals surface area contributed by atoms with E-state index in [1.807, 2.05) is 0 Å². The molecular formula is C11H16N4O2S. The van der Waals surface area contributed by atoms with Gasteiger partial charge in [0.05, 0.1) is 17.5 Å². The van der Waals surface area contributed by atoms with E-state index in [4.69, 9.17) is 0 Å². The second-order valence-electron chi connectivity index (χ2n) is 4.77. The maximum Gasteiger partial charge on any atom is 0.245 e. The molecule has 0 unspecified atom stereocenters. The van der Waals surface area contributed by atoms with Crippen molar-refractivity contribution in [3.8, 4) is 6.07 Å². The molecule has 98 valence electrons. The van der Waals surface area contributed by atoms with Crippen LogP contribution < -0.4 is 4.72 Å². The molecule has 0 aromatic carbocycles. The van der Waals surface area contributed by atoms with Gasteiger partial charge in [-0.2, -0.15) is 15.1 Å². The van der Waals surface area contributed by atoms with Gasteiger partial charge in [-0.15, -0.1) is 0 Å². The minimum absolute atomic E-state index is 0.157. The lowest BCUT2D eigenvalue weighted by atomic mass is 10.0. The Morgan fingerprint density at radius 1 is 1.39 bits per heavy atom. The third kappa shape index (κ3) is 2.13. The summed E-state index contributed by atoms with van der Waals surface area (Å²) in [5.74, 6) is 0. The Balaban J connectivity index is 2.37. The largest absolute Gasteiger partial charge is 0.281 e. The number of aromatic nitrogens is 2. The number of nitrogens with zero attached hydrogens (tertiary/aromatic N) is 2. The summed E-state index contributed by atoms with van der Waals surface area (Å²) >= 11 is 0. The molecule has 2 rings (SSSR count). The van der Waals surface area contributed by atoms with Crippen LogP contribution in [-0.4, -0.2) is 24.2 Å². The first-order chi connectivity index (χ1) is 8.40. The van der Waals surface area contributed by atoms with Gasteiger partial charge in [-0.25, -0.2) is 8.42 Å². The van der Waals surface area contributed by atoms with Crippen molar-refractivity contribution in [3.05, 3.63) is 11.4 Å². The number of H-pyrrole nitrogens is 1. The fourth-order valence-electron chi connectivity index (χ4n) is 2.46. The minimum Gasteiger partial charge on any atom is -0.281 e. The summed E-state index contributed by atoms with van der Waals surface area (Å²) in [5, 5.41) is 15.7. The highest BCUT2D eigenvalue weighted by molar-refractivity contribution is 7.89. The van der Waals surface area contributed by atoms with Crippen molar-refractivity contribution >= 4 is 10.0 Å². The molecule has 0 atom stereocenters. The van der Waals surface area contributed by atoms with Gasteiger partial charge in [-0.1, -0.05) is 12.8 Å². The van der Waals surface area contributed by atoms with Crippen LogP contribution in [0.1, 0.15) is 37.1 Å². The summed E-state index contributed by atoms with van der Waals surface area (Å²) in [6, 6.07) is 2.11. The van der Waals surface area contributed by atoms with Gasteiger partial charge < -0.3 is 0 Å². The normalized spacial score (nSPS) is 18.7. The SMILES string of the molecule is Cc1n[nH]c(C)c1S(=O)(=O)NC1(C#N)CCCC1. The highest BCUT2D eigenvalue weighted by Gasteiger charge is 2.39. The Morgan fingerprint density at radius 3 is 2.44 bits per heavy atom. The van der Waals surface area contributed by atoms with E-state index in [9.17, 15) is 13.7 Å². The Labute approximate surface area is 106 Å². The van der Waals surface area contributed by atoms with Gasteiger partial charge in [0.2, 0.25) is 10.0 Å². The predicted octanol–water partition coefficient (Wildman–Crippen LogP) is 1.14. The highest BCUT2D eigenvalue weighted by atomic mass is 32.2. The summed E-state index contributed by atoms with van der Waals surface area (Å²) < 4.78 is 27.2. The van der Waals surface area contributed by atoms with Gasteiger partial charge in [-0.3, -0.25) is 5.10 Å². The number of nitrogens with one attached hydrogen (secondary N) is 2. The topological polar surface area (TPSA) is 98.6 Å². The Hall–Kier alpha value is -1.39. The van der Waals surface area contributed by atoms with E-state index in [-0.39, 0.29) is 4.90 Å². The number of aryl methyl sites for hydroxylation is 2. The molecule has 0 spiro atoms. The average Bonchev–Trinajstić information content (AvgIpc) is 2.86. The number of hydrogen-bond acceptors (Lipinski definition) is 4. The molecule has 1 saturated carbocycles. The summed E-state index contributed by atoms with van der Waals surface area (Å²) in [6.45, 7) is 3.29. The molecule has 0 aliphatic heterocycles. The van der Waals surface area contributed by atoms with Crippen molar-refractivity contribution in [3.63, 3.8) is 0 Å². The lowest BCUT2D eigenvalue weighted by Crippen LogP contribution is -2.45. The number of aromatic amines is 1. The first kappa shape index (κ1) is 13.1. The van der Waals surface area contributed by atoms with E-state index in [1.165, 1.54) is 0 Å². The zero-order valence-electron chi connectivity index (χ0n) is 10.4. The van der Waals surface area contributed by atoms with Crippen molar-refractivity contribution < 1.29 is 8.42 Å². The van der Waals surface area contributed by atoms with Crippen LogP contribution in [0.5, 0.6) is 0 Å². The maximum atomic E-state index is 12.3. The molecule has 2 N–H and O–H groups in total. The van der Waals surface area contributed by atoms with Crippen LogP contribution >= 0.6 is 0 Å². The third-order valence-electron chi connectivity index (χ3n) is 3.33. The Bertz CT molecular complexity index is 572. The van der Waals surface area contributed by atoms with Gasteiger partial charge in [0, 0.05) is 0 Å². The molecule has 1 aromatic rings. The van der Waals surface area contributed by atoms with E-state index >= 15 is 0 Å². The van der Waals surface area contributed by atoms with Gasteiger partial charge in [0.15, 0.2) is 0 Å². The van der Waals surface area contributed by atoms with Crippen LogP contribution in [0.4, 0.5) is 0 Å². The van der Waals surface area contributed by atoms with E-state index in [2.05, 4.69) is 21.0 Å². The zero-order valence-corrected chi connectivity index (χ0v) is 11.3. The second kappa shape index (κ2) is 4.37. The quantitative estimate of drug-likeness (QED) is 0.858. The fraction of sp³-hybridized carbons (Fsp3) is 0.636. The molecule has 0 amide bonds. The van der Waals surface area contributed by atoms with Crippen LogP contribution in [-0.2, 0) is 10.0 Å². The summed E-state index contributed by atoms with van der Waals surface area (Å²) in [5.41, 5.74) is -0.0354. The predicted molar refractivity (Wildman–Crippen MR) is 65.2 cm³/mol. The van der Waals surface area contributed by atoms with Gasteiger partial charge >= 0.3 is 0 Å². The summed E-state index contributed by atoms with van der Waals surface area (Å²) in [4.78, 5) is 0.157. The molecule has 1 aromatic heterocycles. The zero-order chi connectivity index (χ0) is 13.4. The number of nitriles is 1.